The quantitative estimate of drug-likeness (QED) is 0.637. The number of nitrogen functional groups attached to an aromatic ring is 1. The Hall–Kier alpha value is -0.330. The molecule has 0 aliphatic rings. The van der Waals surface area contributed by atoms with E-state index in [4.69, 9.17) is 17.3 Å². The van der Waals surface area contributed by atoms with Crippen LogP contribution in [0.2, 0.25) is 5.02 Å². The van der Waals surface area contributed by atoms with Gasteiger partial charge in [-0.25, -0.2) is 0 Å². The summed E-state index contributed by atoms with van der Waals surface area (Å²) in [6.07, 6.45) is 0. The molecule has 0 aliphatic carbocycles. The lowest BCUT2D eigenvalue weighted by Gasteiger charge is -2.03. The topological polar surface area (TPSA) is 60.2 Å². The number of anilines is 1. The molecule has 0 bridgehead atoms. The van der Waals surface area contributed by atoms with E-state index in [9.17, 15) is 12.3 Å². The summed E-state index contributed by atoms with van der Waals surface area (Å²) in [6.45, 7) is 0. The van der Waals surface area contributed by atoms with Gasteiger partial charge in [-0.1, -0.05) is 11.6 Å². The van der Waals surface area contributed by atoms with Gasteiger partial charge in [-0.05, 0) is 28.1 Å². The predicted molar refractivity (Wildman–Crippen MR) is 51.9 cm³/mol. The van der Waals surface area contributed by atoms with Crippen molar-refractivity contribution in [2.45, 2.75) is 4.90 Å². The largest absolute Gasteiger partial charge is 0.398 e. The fraction of sp³-hybridized carbons (Fsp3) is 0. The van der Waals surface area contributed by atoms with Gasteiger partial charge in [-0.15, -0.1) is 3.89 Å². The van der Waals surface area contributed by atoms with Gasteiger partial charge in [0.15, 0.2) is 0 Å². The van der Waals surface area contributed by atoms with Crippen molar-refractivity contribution in [3.63, 3.8) is 0 Å². The van der Waals surface area contributed by atoms with Crippen molar-refractivity contribution < 1.29 is 12.3 Å². The molecular formula is C6H4BrClFNO2S. The van der Waals surface area contributed by atoms with Crippen LogP contribution in [-0.2, 0) is 10.2 Å². The van der Waals surface area contributed by atoms with Crippen molar-refractivity contribution in [3.8, 4) is 0 Å². The van der Waals surface area contributed by atoms with E-state index in [1.54, 1.807) is 0 Å². The van der Waals surface area contributed by atoms with Crippen molar-refractivity contribution in [1.29, 1.82) is 0 Å². The zero-order valence-corrected chi connectivity index (χ0v) is 9.25. The Bertz CT molecular complexity index is 448. The van der Waals surface area contributed by atoms with E-state index in [2.05, 4.69) is 15.9 Å². The molecule has 1 aromatic rings. The summed E-state index contributed by atoms with van der Waals surface area (Å²) in [6, 6.07) is 2.30. The van der Waals surface area contributed by atoms with E-state index < -0.39 is 15.1 Å². The molecule has 0 atom stereocenters. The van der Waals surface area contributed by atoms with Gasteiger partial charge < -0.3 is 5.73 Å². The minimum atomic E-state index is -4.79. The number of benzene rings is 1. The summed E-state index contributed by atoms with van der Waals surface area (Å²) in [4.78, 5) is -0.558. The first-order valence-corrected chi connectivity index (χ1v) is 5.57. The Morgan fingerprint density at radius 3 is 2.46 bits per heavy atom. The summed E-state index contributed by atoms with van der Waals surface area (Å²) in [7, 11) is -4.79. The standard InChI is InChI=1S/C6H4BrClFNO2S/c7-6-4(10)1-3(8)2-5(6)13(9,11)12/h1-2H,10H2. The Kier molecular flexibility index (Phi) is 2.84. The molecule has 1 rings (SSSR count). The number of rotatable bonds is 1. The molecule has 3 nitrogen and oxygen atoms in total. The van der Waals surface area contributed by atoms with Gasteiger partial charge in [0.1, 0.15) is 4.90 Å². The van der Waals surface area contributed by atoms with E-state index in [-0.39, 0.29) is 15.2 Å². The van der Waals surface area contributed by atoms with Gasteiger partial charge in [0.05, 0.1) is 4.47 Å². The average molecular weight is 289 g/mol. The molecular weight excluding hydrogens is 284 g/mol. The third-order valence-corrected chi connectivity index (χ3v) is 3.51. The minimum Gasteiger partial charge on any atom is -0.398 e. The molecule has 2 N–H and O–H groups in total. The highest BCUT2D eigenvalue weighted by Crippen LogP contribution is 2.32. The second kappa shape index (κ2) is 3.43. The number of hydrogen-bond donors (Lipinski definition) is 1. The van der Waals surface area contributed by atoms with E-state index in [1.807, 2.05) is 0 Å². The van der Waals surface area contributed by atoms with Crippen LogP contribution in [0, 0.1) is 0 Å². The lowest BCUT2D eigenvalue weighted by Crippen LogP contribution is -1.97. The zero-order valence-electron chi connectivity index (χ0n) is 6.09. The van der Waals surface area contributed by atoms with Crippen LogP contribution in [0.1, 0.15) is 0 Å². The average Bonchev–Trinajstić information content (AvgIpc) is 1.94. The second-order valence-electron chi connectivity index (χ2n) is 2.24. The molecule has 0 spiro atoms. The lowest BCUT2D eigenvalue weighted by atomic mass is 10.3. The maximum Gasteiger partial charge on any atom is 0.333 e. The van der Waals surface area contributed by atoms with Gasteiger partial charge in [-0.3, -0.25) is 0 Å². The van der Waals surface area contributed by atoms with Crippen molar-refractivity contribution in [3.05, 3.63) is 21.6 Å². The van der Waals surface area contributed by atoms with Crippen LogP contribution in [-0.4, -0.2) is 8.42 Å². The van der Waals surface area contributed by atoms with E-state index in [1.165, 1.54) is 6.07 Å². The van der Waals surface area contributed by atoms with Crippen molar-refractivity contribution in [2.24, 2.45) is 0 Å². The molecule has 0 heterocycles. The molecule has 1 aromatic carbocycles. The van der Waals surface area contributed by atoms with E-state index >= 15 is 0 Å². The molecule has 72 valence electrons. The van der Waals surface area contributed by atoms with Crippen LogP contribution in [0.15, 0.2) is 21.5 Å². The number of nitrogens with two attached hydrogens (primary N) is 1. The smallest absolute Gasteiger partial charge is 0.333 e. The van der Waals surface area contributed by atoms with Crippen LogP contribution in [0.5, 0.6) is 0 Å². The minimum absolute atomic E-state index is 0.0144. The van der Waals surface area contributed by atoms with Crippen LogP contribution in [0.25, 0.3) is 0 Å². The Morgan fingerprint density at radius 2 is 2.00 bits per heavy atom. The maximum absolute atomic E-state index is 12.6. The molecule has 0 amide bonds. The summed E-state index contributed by atoms with van der Waals surface area (Å²) >= 11 is 8.34. The van der Waals surface area contributed by atoms with Crippen LogP contribution < -0.4 is 5.73 Å². The first-order chi connectivity index (χ1) is 5.82. The second-order valence-corrected chi connectivity index (χ2v) is 4.79. The fourth-order valence-electron chi connectivity index (χ4n) is 0.762. The first-order valence-electron chi connectivity index (χ1n) is 3.01. The van der Waals surface area contributed by atoms with Gasteiger partial charge in [0.25, 0.3) is 0 Å². The molecule has 0 saturated heterocycles. The predicted octanol–water partition coefficient (Wildman–Crippen LogP) is 2.34. The fourth-order valence-corrected chi connectivity index (χ4v) is 2.46. The highest BCUT2D eigenvalue weighted by atomic mass is 79.9. The summed E-state index contributed by atoms with van der Waals surface area (Å²) in [5.41, 5.74) is 5.43. The van der Waals surface area contributed by atoms with E-state index in [0.29, 0.717) is 0 Å². The summed E-state index contributed by atoms with van der Waals surface area (Å²) in [5.74, 6) is 0. The monoisotopic (exact) mass is 287 g/mol. The molecule has 0 aromatic heterocycles. The molecule has 13 heavy (non-hydrogen) atoms. The highest BCUT2D eigenvalue weighted by molar-refractivity contribution is 9.10. The van der Waals surface area contributed by atoms with Gasteiger partial charge >= 0.3 is 10.2 Å². The maximum atomic E-state index is 12.6. The molecule has 0 unspecified atom stereocenters. The van der Waals surface area contributed by atoms with E-state index in [0.717, 1.165) is 6.07 Å². The third-order valence-electron chi connectivity index (χ3n) is 1.29. The number of halogens is 3. The van der Waals surface area contributed by atoms with Crippen LogP contribution in [0.4, 0.5) is 9.57 Å². The van der Waals surface area contributed by atoms with Gasteiger partial charge in [-0.2, -0.15) is 8.42 Å². The Morgan fingerprint density at radius 1 is 1.46 bits per heavy atom. The van der Waals surface area contributed by atoms with Gasteiger partial charge in [0.2, 0.25) is 0 Å². The van der Waals surface area contributed by atoms with Crippen molar-refractivity contribution in [1.82, 2.24) is 0 Å². The molecule has 0 fully saturated rings. The molecule has 0 radical (unpaired) electrons. The van der Waals surface area contributed by atoms with Gasteiger partial charge in [0, 0.05) is 10.7 Å². The van der Waals surface area contributed by atoms with Crippen molar-refractivity contribution >= 4 is 43.4 Å². The molecule has 0 saturated carbocycles. The van der Waals surface area contributed by atoms with Crippen LogP contribution in [0.3, 0.4) is 0 Å². The zero-order chi connectivity index (χ0) is 10.2. The number of hydrogen-bond acceptors (Lipinski definition) is 3. The lowest BCUT2D eigenvalue weighted by molar-refractivity contribution is 0.551. The normalized spacial score (nSPS) is 11.6. The summed E-state index contributed by atoms with van der Waals surface area (Å²) in [5, 5.41) is 0.0666. The third kappa shape index (κ3) is 2.32. The highest BCUT2D eigenvalue weighted by Gasteiger charge is 2.18. The molecule has 7 heteroatoms. The van der Waals surface area contributed by atoms with Crippen LogP contribution >= 0.6 is 27.5 Å². The first kappa shape index (κ1) is 10.7. The van der Waals surface area contributed by atoms with Crippen molar-refractivity contribution in [2.75, 3.05) is 5.73 Å². The summed E-state index contributed by atoms with van der Waals surface area (Å²) < 4.78 is 33.7. The molecule has 0 aliphatic heterocycles. The Labute approximate surface area is 88.0 Å². The SMILES string of the molecule is Nc1cc(Cl)cc(S(=O)(=O)F)c1Br. The Balaban J connectivity index is 3.56.